The Bertz CT molecular complexity index is 559. The maximum Gasteiger partial charge on any atom is 0.490 e. The summed E-state index contributed by atoms with van der Waals surface area (Å²) in [5.74, 6) is -1.28. The summed E-state index contributed by atoms with van der Waals surface area (Å²) in [7, 11) is 0. The molecule has 0 atom stereocenters. The van der Waals surface area contributed by atoms with Gasteiger partial charge in [0.05, 0.1) is 5.56 Å². The van der Waals surface area contributed by atoms with Gasteiger partial charge in [-0.05, 0) is 12.1 Å². The van der Waals surface area contributed by atoms with Gasteiger partial charge in [0.15, 0.2) is 0 Å². The Balaban J connectivity index is 2.76. The molecule has 7 heteroatoms. The Kier molecular flexibility index (Phi) is 2.11. The summed E-state index contributed by atoms with van der Waals surface area (Å²) in [5.41, 5.74) is -0.611. The van der Waals surface area contributed by atoms with Crippen LogP contribution in [0.15, 0.2) is 24.5 Å². The van der Waals surface area contributed by atoms with Crippen molar-refractivity contribution in [2.45, 2.75) is 6.30 Å². The molecule has 0 saturated heterocycles. The molecule has 2 rings (SSSR count). The van der Waals surface area contributed by atoms with Crippen LogP contribution >= 0.6 is 0 Å². The lowest BCUT2D eigenvalue weighted by Crippen LogP contribution is -2.15. The highest BCUT2D eigenvalue weighted by Gasteiger charge is 2.32. The highest BCUT2D eigenvalue weighted by molar-refractivity contribution is 6.01. The van der Waals surface area contributed by atoms with Gasteiger partial charge in [-0.15, -0.1) is 13.2 Å². The molecule has 0 radical (unpaired) electrons. The Morgan fingerprint density at radius 3 is 2.62 bits per heavy atom. The molecule has 0 saturated carbocycles. The second kappa shape index (κ2) is 3.22. The summed E-state index contributed by atoms with van der Waals surface area (Å²) >= 11 is 0. The molecule has 84 valence electrons. The van der Waals surface area contributed by atoms with Gasteiger partial charge in [0.2, 0.25) is 0 Å². The fraction of sp³-hybridized carbons (Fsp3) is 0.111. The molecule has 0 aromatic carbocycles. The number of carbonyl (C=O) groups is 1. The lowest BCUT2D eigenvalue weighted by atomic mass is 10.2. The van der Waals surface area contributed by atoms with Gasteiger partial charge in [0.25, 0.3) is 0 Å². The van der Waals surface area contributed by atoms with Gasteiger partial charge < -0.3 is 5.11 Å². The van der Waals surface area contributed by atoms with Crippen LogP contribution in [-0.2, 0) is 6.30 Å². The van der Waals surface area contributed by atoms with Gasteiger partial charge in [-0.2, -0.15) is 0 Å². The van der Waals surface area contributed by atoms with Crippen LogP contribution in [0.1, 0.15) is 10.4 Å². The van der Waals surface area contributed by atoms with Gasteiger partial charge in [0, 0.05) is 17.8 Å². The zero-order chi connectivity index (χ0) is 11.9. The molecule has 2 heterocycles. The number of pyridine rings is 1. The first-order valence-electron chi connectivity index (χ1n) is 4.18. The van der Waals surface area contributed by atoms with Crippen LogP contribution in [0, 0.1) is 0 Å². The number of carboxylic acids is 1. The van der Waals surface area contributed by atoms with Crippen molar-refractivity contribution < 1.29 is 23.1 Å². The number of aromatic carboxylic acids is 1. The monoisotopic (exact) mass is 230 g/mol. The summed E-state index contributed by atoms with van der Waals surface area (Å²) in [5, 5.41) is 8.74. The molecule has 2 aromatic rings. The molecule has 0 amide bonds. The Morgan fingerprint density at radius 1 is 1.38 bits per heavy atom. The fourth-order valence-electron chi connectivity index (χ4n) is 1.43. The maximum atomic E-state index is 12.5. The zero-order valence-corrected chi connectivity index (χ0v) is 7.69. The number of nitrogens with zero attached hydrogens (tertiary/aromatic N) is 2. The van der Waals surface area contributed by atoms with Crippen molar-refractivity contribution in [2.75, 3.05) is 0 Å². The van der Waals surface area contributed by atoms with Crippen molar-refractivity contribution in [1.82, 2.24) is 9.55 Å². The molecule has 0 aliphatic rings. The molecular weight excluding hydrogens is 225 g/mol. The van der Waals surface area contributed by atoms with Crippen molar-refractivity contribution in [3.8, 4) is 0 Å². The fourth-order valence-corrected chi connectivity index (χ4v) is 1.43. The van der Waals surface area contributed by atoms with E-state index in [4.69, 9.17) is 5.11 Å². The van der Waals surface area contributed by atoms with Crippen LogP contribution < -0.4 is 0 Å². The van der Waals surface area contributed by atoms with Crippen LogP contribution in [0.5, 0.6) is 0 Å². The van der Waals surface area contributed by atoms with E-state index in [0.29, 0.717) is 0 Å². The number of halogens is 3. The first-order chi connectivity index (χ1) is 7.41. The molecule has 2 aromatic heterocycles. The van der Waals surface area contributed by atoms with Crippen LogP contribution in [0.25, 0.3) is 11.0 Å². The highest BCUT2D eigenvalue weighted by atomic mass is 19.4. The van der Waals surface area contributed by atoms with Crippen molar-refractivity contribution in [1.29, 1.82) is 0 Å². The minimum atomic E-state index is -4.61. The third-order valence-electron chi connectivity index (χ3n) is 2.09. The van der Waals surface area contributed by atoms with Gasteiger partial charge in [0.1, 0.15) is 5.65 Å². The summed E-state index contributed by atoms with van der Waals surface area (Å²) in [4.78, 5) is 14.3. The molecular formula is C9H5F3N2O2. The van der Waals surface area contributed by atoms with Crippen molar-refractivity contribution in [3.05, 3.63) is 30.1 Å². The minimum Gasteiger partial charge on any atom is -0.478 e. The average molecular weight is 230 g/mol. The van der Waals surface area contributed by atoms with Gasteiger partial charge in [-0.25, -0.2) is 14.3 Å². The predicted molar refractivity (Wildman–Crippen MR) is 48.0 cm³/mol. The van der Waals surface area contributed by atoms with Crippen LogP contribution in [0.3, 0.4) is 0 Å². The largest absolute Gasteiger partial charge is 0.490 e. The van der Waals surface area contributed by atoms with E-state index in [0.717, 1.165) is 24.5 Å². The van der Waals surface area contributed by atoms with Crippen LogP contribution in [-0.4, -0.2) is 20.6 Å². The summed E-state index contributed by atoms with van der Waals surface area (Å²) in [6, 6.07) is 2.24. The smallest absolute Gasteiger partial charge is 0.478 e. The van der Waals surface area contributed by atoms with Gasteiger partial charge in [-0.1, -0.05) is 0 Å². The van der Waals surface area contributed by atoms with Crippen molar-refractivity contribution in [2.24, 2.45) is 0 Å². The molecule has 4 nitrogen and oxygen atoms in total. The second-order valence-corrected chi connectivity index (χ2v) is 3.05. The highest BCUT2D eigenvalue weighted by Crippen LogP contribution is 2.28. The first-order valence-corrected chi connectivity index (χ1v) is 4.18. The number of hydrogen-bond acceptors (Lipinski definition) is 2. The number of hydrogen-bond donors (Lipinski definition) is 1. The molecule has 0 bridgehead atoms. The topological polar surface area (TPSA) is 55.1 Å². The van der Waals surface area contributed by atoms with Gasteiger partial charge in [-0.3, -0.25) is 0 Å². The van der Waals surface area contributed by atoms with E-state index in [1.165, 1.54) is 0 Å². The zero-order valence-electron chi connectivity index (χ0n) is 7.69. The molecule has 0 aliphatic heterocycles. The summed E-state index contributed by atoms with van der Waals surface area (Å²) in [6.45, 7) is 0. The Hall–Kier alpha value is -2.05. The summed E-state index contributed by atoms with van der Waals surface area (Å²) in [6.07, 6.45) is -2.82. The minimum absolute atomic E-state index is 0.0191. The molecule has 16 heavy (non-hydrogen) atoms. The van der Waals surface area contributed by atoms with E-state index in [1.807, 2.05) is 0 Å². The van der Waals surface area contributed by atoms with E-state index in [2.05, 4.69) is 4.98 Å². The molecule has 0 fully saturated rings. The average Bonchev–Trinajstić information content (AvgIpc) is 2.59. The third kappa shape index (κ3) is 1.50. The van der Waals surface area contributed by atoms with Crippen LogP contribution in [0.2, 0.25) is 0 Å². The molecule has 0 spiro atoms. The number of rotatable bonds is 1. The second-order valence-electron chi connectivity index (χ2n) is 3.05. The lowest BCUT2D eigenvalue weighted by Gasteiger charge is -2.08. The first kappa shape index (κ1) is 10.5. The van der Waals surface area contributed by atoms with Crippen molar-refractivity contribution >= 4 is 17.0 Å². The SMILES string of the molecule is O=C(O)c1ccnc2c1ccn2C(F)(F)F. The third-order valence-corrected chi connectivity index (χ3v) is 2.09. The molecule has 0 aliphatic carbocycles. The quantitative estimate of drug-likeness (QED) is 0.817. The predicted octanol–water partition coefficient (Wildman–Crippen LogP) is 2.21. The lowest BCUT2D eigenvalue weighted by molar-refractivity contribution is -0.201. The summed E-state index contributed by atoms with van der Waals surface area (Å²) < 4.78 is 37.4. The Morgan fingerprint density at radius 2 is 2.06 bits per heavy atom. The van der Waals surface area contributed by atoms with E-state index in [-0.39, 0.29) is 15.5 Å². The van der Waals surface area contributed by atoms with E-state index >= 15 is 0 Å². The van der Waals surface area contributed by atoms with Crippen molar-refractivity contribution in [3.63, 3.8) is 0 Å². The van der Waals surface area contributed by atoms with Crippen LogP contribution in [0.4, 0.5) is 13.2 Å². The standard InChI is InChI=1S/C9H5F3N2O2/c10-9(11,12)14-4-2-5-6(8(15)16)1-3-13-7(5)14/h1-4H,(H,15,16). The Labute approximate surface area is 86.9 Å². The van der Waals surface area contributed by atoms with E-state index < -0.39 is 17.9 Å². The van der Waals surface area contributed by atoms with Gasteiger partial charge >= 0.3 is 12.3 Å². The number of carboxylic acid groups (broad SMARTS) is 1. The van der Waals surface area contributed by atoms with E-state index in [9.17, 15) is 18.0 Å². The van der Waals surface area contributed by atoms with E-state index in [1.54, 1.807) is 0 Å². The molecule has 1 N–H and O–H groups in total. The normalized spacial score (nSPS) is 11.9. The maximum absolute atomic E-state index is 12.5. The molecule has 0 unspecified atom stereocenters. The number of aromatic nitrogens is 2. The number of fused-ring (bicyclic) bond motifs is 1. The number of alkyl halides is 3.